The summed E-state index contributed by atoms with van der Waals surface area (Å²) in [5.41, 5.74) is -1.08. The van der Waals surface area contributed by atoms with E-state index in [1.807, 2.05) is 4.98 Å². The topological polar surface area (TPSA) is 71.9 Å². The van der Waals surface area contributed by atoms with Gasteiger partial charge in [0.15, 0.2) is 6.29 Å². The molecule has 0 fully saturated rings. The lowest BCUT2D eigenvalue weighted by atomic mass is 10.4. The van der Waals surface area contributed by atoms with Crippen molar-refractivity contribution in [3.8, 4) is 0 Å². The van der Waals surface area contributed by atoms with Gasteiger partial charge in [-0.2, -0.15) is 0 Å². The predicted octanol–water partition coefficient (Wildman–Crippen LogP) is -1.11. The molecule has 11 heavy (non-hydrogen) atoms. The fourth-order valence-corrected chi connectivity index (χ4v) is 0.687. The van der Waals surface area contributed by atoms with E-state index < -0.39 is 11.2 Å². The molecule has 5 nitrogen and oxygen atoms in total. The van der Waals surface area contributed by atoms with Crippen molar-refractivity contribution in [3.05, 3.63) is 32.6 Å². The number of hydrogen-bond donors (Lipinski definition) is 1. The van der Waals surface area contributed by atoms with Gasteiger partial charge in [0.1, 0.15) is 0 Å². The van der Waals surface area contributed by atoms with E-state index in [1.165, 1.54) is 7.05 Å². The minimum Gasteiger partial charge on any atom is -0.296 e. The zero-order valence-electron chi connectivity index (χ0n) is 5.83. The van der Waals surface area contributed by atoms with Crippen LogP contribution >= 0.6 is 0 Å². The second-order valence-corrected chi connectivity index (χ2v) is 2.04. The van der Waals surface area contributed by atoms with Gasteiger partial charge in [-0.1, -0.05) is 0 Å². The molecule has 58 valence electrons. The first-order valence-corrected chi connectivity index (χ1v) is 2.90. The number of aldehydes is 1. The Morgan fingerprint density at radius 2 is 2.18 bits per heavy atom. The zero-order chi connectivity index (χ0) is 8.43. The normalized spacial score (nSPS) is 9.55. The van der Waals surface area contributed by atoms with Gasteiger partial charge in [-0.15, -0.1) is 0 Å². The van der Waals surface area contributed by atoms with Gasteiger partial charge in [0, 0.05) is 13.1 Å². The van der Waals surface area contributed by atoms with Crippen LogP contribution in [0.15, 0.2) is 15.7 Å². The van der Waals surface area contributed by atoms with Gasteiger partial charge in [0.05, 0.1) is 5.69 Å². The molecule has 0 aromatic carbocycles. The number of nitrogens with one attached hydrogen (secondary N) is 1. The van der Waals surface area contributed by atoms with Crippen LogP contribution < -0.4 is 11.2 Å². The largest absolute Gasteiger partial charge is 0.328 e. The number of carbonyl (C=O) groups is 1. The molecule has 0 radical (unpaired) electrons. The lowest BCUT2D eigenvalue weighted by Crippen LogP contribution is -2.29. The molecule has 0 saturated heterocycles. The Kier molecular flexibility index (Phi) is 1.72. The predicted molar refractivity (Wildman–Crippen MR) is 37.7 cm³/mol. The Morgan fingerprint density at radius 1 is 1.55 bits per heavy atom. The molecule has 0 unspecified atom stereocenters. The SMILES string of the molecule is Cn1c(C=O)cc(=O)[nH]c1=O. The van der Waals surface area contributed by atoms with Crippen LogP contribution in [-0.4, -0.2) is 15.8 Å². The number of aromatic amines is 1. The average molecular weight is 154 g/mol. The molecule has 0 atom stereocenters. The summed E-state index contributed by atoms with van der Waals surface area (Å²) in [5.74, 6) is 0. The molecule has 0 aliphatic carbocycles. The molecule has 0 aliphatic heterocycles. The number of hydrogen-bond acceptors (Lipinski definition) is 3. The van der Waals surface area contributed by atoms with E-state index in [1.54, 1.807) is 0 Å². The van der Waals surface area contributed by atoms with E-state index in [-0.39, 0.29) is 5.69 Å². The van der Waals surface area contributed by atoms with Crippen LogP contribution in [0.3, 0.4) is 0 Å². The van der Waals surface area contributed by atoms with Crippen LogP contribution in [0.2, 0.25) is 0 Å². The summed E-state index contributed by atoms with van der Waals surface area (Å²) < 4.78 is 1.06. The summed E-state index contributed by atoms with van der Waals surface area (Å²) in [6, 6.07) is 1.06. The Bertz CT molecular complexity index is 388. The van der Waals surface area contributed by atoms with Crippen LogP contribution in [0.1, 0.15) is 10.5 Å². The Labute approximate surface area is 61.3 Å². The molecule has 1 aromatic heterocycles. The third-order valence-corrected chi connectivity index (χ3v) is 1.32. The quantitative estimate of drug-likeness (QED) is 0.521. The van der Waals surface area contributed by atoms with E-state index in [0.717, 1.165) is 10.6 Å². The minimum absolute atomic E-state index is 0.0683. The van der Waals surface area contributed by atoms with Crippen LogP contribution in [0.5, 0.6) is 0 Å². The fourth-order valence-electron chi connectivity index (χ4n) is 0.687. The molecule has 0 bridgehead atoms. The maximum atomic E-state index is 10.8. The third kappa shape index (κ3) is 1.26. The summed E-state index contributed by atoms with van der Waals surface area (Å²) >= 11 is 0. The second kappa shape index (κ2) is 2.53. The highest BCUT2D eigenvalue weighted by atomic mass is 16.2. The smallest absolute Gasteiger partial charge is 0.296 e. The Hall–Kier alpha value is -1.65. The summed E-state index contributed by atoms with van der Waals surface area (Å²) in [4.78, 5) is 33.6. The van der Waals surface area contributed by atoms with Gasteiger partial charge < -0.3 is 0 Å². The average Bonchev–Trinajstić information content (AvgIpc) is 1.96. The van der Waals surface area contributed by atoms with Crippen molar-refractivity contribution in [3.63, 3.8) is 0 Å². The highest BCUT2D eigenvalue weighted by Gasteiger charge is 1.98. The number of H-pyrrole nitrogens is 1. The van der Waals surface area contributed by atoms with Gasteiger partial charge >= 0.3 is 5.69 Å². The van der Waals surface area contributed by atoms with E-state index in [4.69, 9.17) is 0 Å². The lowest BCUT2D eigenvalue weighted by molar-refractivity contribution is 0.111. The second-order valence-electron chi connectivity index (χ2n) is 2.04. The molecule has 1 aromatic rings. The Morgan fingerprint density at radius 3 is 2.73 bits per heavy atom. The summed E-state index contributed by atoms with van der Waals surface area (Å²) in [6.45, 7) is 0. The molecule has 1 N–H and O–H groups in total. The van der Waals surface area contributed by atoms with Crippen molar-refractivity contribution in [1.29, 1.82) is 0 Å². The molecular formula is C6H6N2O3. The third-order valence-electron chi connectivity index (χ3n) is 1.32. The maximum Gasteiger partial charge on any atom is 0.328 e. The van der Waals surface area contributed by atoms with Crippen molar-refractivity contribution >= 4 is 6.29 Å². The van der Waals surface area contributed by atoms with Crippen molar-refractivity contribution < 1.29 is 4.79 Å². The van der Waals surface area contributed by atoms with Gasteiger partial charge in [0.2, 0.25) is 0 Å². The summed E-state index contributed by atoms with van der Waals surface area (Å²) in [6.07, 6.45) is 0.455. The maximum absolute atomic E-state index is 10.8. The molecule has 1 rings (SSSR count). The monoisotopic (exact) mass is 154 g/mol. The first kappa shape index (κ1) is 7.46. The summed E-state index contributed by atoms with van der Waals surface area (Å²) in [5, 5.41) is 0. The van der Waals surface area contributed by atoms with Gasteiger partial charge in [-0.3, -0.25) is 19.1 Å². The molecule has 1 heterocycles. The van der Waals surface area contributed by atoms with Crippen molar-refractivity contribution in [2.45, 2.75) is 0 Å². The molecule has 0 saturated carbocycles. The van der Waals surface area contributed by atoms with E-state index in [0.29, 0.717) is 6.29 Å². The minimum atomic E-state index is -0.584. The fraction of sp³-hybridized carbons (Fsp3) is 0.167. The number of rotatable bonds is 1. The first-order chi connectivity index (χ1) is 5.15. The van der Waals surface area contributed by atoms with E-state index >= 15 is 0 Å². The highest BCUT2D eigenvalue weighted by Crippen LogP contribution is 1.80. The van der Waals surface area contributed by atoms with Crippen LogP contribution in [0.25, 0.3) is 0 Å². The van der Waals surface area contributed by atoms with Gasteiger partial charge in [-0.05, 0) is 0 Å². The number of carbonyl (C=O) groups excluding carboxylic acids is 1. The molecule has 0 aliphatic rings. The number of aromatic nitrogens is 2. The highest BCUT2D eigenvalue weighted by molar-refractivity contribution is 5.71. The molecule has 0 amide bonds. The van der Waals surface area contributed by atoms with E-state index in [2.05, 4.69) is 0 Å². The van der Waals surface area contributed by atoms with Crippen LogP contribution in [-0.2, 0) is 7.05 Å². The van der Waals surface area contributed by atoms with Crippen LogP contribution in [0, 0.1) is 0 Å². The standard InChI is InChI=1S/C6H6N2O3/c1-8-4(3-9)2-5(10)7-6(8)11/h2-3H,1H3,(H,7,10,11). The van der Waals surface area contributed by atoms with Crippen molar-refractivity contribution in [2.75, 3.05) is 0 Å². The Balaban J connectivity index is 3.61. The number of nitrogens with zero attached hydrogens (tertiary/aromatic N) is 1. The van der Waals surface area contributed by atoms with Gasteiger partial charge in [0.25, 0.3) is 5.56 Å². The zero-order valence-corrected chi connectivity index (χ0v) is 5.83. The first-order valence-electron chi connectivity index (χ1n) is 2.90. The lowest BCUT2D eigenvalue weighted by Gasteiger charge is -1.96. The molecule has 5 heteroatoms. The van der Waals surface area contributed by atoms with E-state index in [9.17, 15) is 14.4 Å². The van der Waals surface area contributed by atoms with Crippen molar-refractivity contribution in [1.82, 2.24) is 9.55 Å². The molecule has 0 spiro atoms. The summed E-state index contributed by atoms with van der Waals surface area (Å²) in [7, 11) is 1.40. The molecular weight excluding hydrogens is 148 g/mol. The van der Waals surface area contributed by atoms with Crippen LogP contribution in [0.4, 0.5) is 0 Å². The van der Waals surface area contributed by atoms with Crippen molar-refractivity contribution in [2.24, 2.45) is 7.05 Å². The van der Waals surface area contributed by atoms with Gasteiger partial charge in [-0.25, -0.2) is 4.79 Å².